The predicted octanol–water partition coefficient (Wildman–Crippen LogP) is 6.41. The van der Waals surface area contributed by atoms with E-state index in [0.717, 1.165) is 39.5 Å². The molecule has 0 fully saturated rings. The van der Waals surface area contributed by atoms with Gasteiger partial charge in [-0.2, -0.15) is 0 Å². The molecule has 5 nitrogen and oxygen atoms in total. The molecule has 0 saturated carbocycles. The summed E-state index contributed by atoms with van der Waals surface area (Å²) in [4.78, 5) is 22.9. The smallest absolute Gasteiger partial charge is 0.264 e. The first kappa shape index (κ1) is 23.5. The second-order valence-corrected chi connectivity index (χ2v) is 9.64. The maximum atomic E-state index is 14.1. The van der Waals surface area contributed by atoms with Crippen molar-refractivity contribution < 1.29 is 9.53 Å². The fourth-order valence-electron chi connectivity index (χ4n) is 3.92. The number of aryl methyl sites for hydroxylation is 1. The number of hydrogen-bond acceptors (Lipinski definition) is 5. The van der Waals surface area contributed by atoms with E-state index in [2.05, 4.69) is 4.90 Å². The summed E-state index contributed by atoms with van der Waals surface area (Å²) in [5.74, 6) is 0.496. The molecule has 0 bridgehead atoms. The molecule has 0 aliphatic heterocycles. The number of carbonyl (C=O) groups is 1. The molecule has 4 aromatic rings. The average Bonchev–Trinajstić information content (AvgIpc) is 3.23. The highest BCUT2D eigenvalue weighted by atomic mass is 35.5. The van der Waals surface area contributed by atoms with Crippen molar-refractivity contribution in [3.05, 3.63) is 64.7 Å². The Morgan fingerprint density at radius 3 is 2.64 bits per heavy atom. The van der Waals surface area contributed by atoms with Crippen molar-refractivity contribution in [3.63, 3.8) is 0 Å². The molecular weight excluding hydrogens is 454 g/mol. The minimum Gasteiger partial charge on any atom is -0.493 e. The Labute approximate surface area is 203 Å². The summed E-state index contributed by atoms with van der Waals surface area (Å²) in [6.45, 7) is 5.80. The Balaban J connectivity index is 1.84. The molecular formula is C26H28ClN3O2S. The van der Waals surface area contributed by atoms with Crippen LogP contribution in [0.3, 0.4) is 0 Å². The lowest BCUT2D eigenvalue weighted by Crippen LogP contribution is -2.34. The number of halogens is 1. The first-order valence-electron chi connectivity index (χ1n) is 11.1. The number of thiazole rings is 1. The highest BCUT2D eigenvalue weighted by Gasteiger charge is 2.26. The topological polar surface area (TPSA) is 45.7 Å². The number of rotatable bonds is 8. The SMILES string of the molecule is CCOc1ccc2ccccc2c1C(=O)N(CCCN(C)C)c1nc2c(C)c(Cl)ccc2s1. The van der Waals surface area contributed by atoms with Crippen LogP contribution in [0.2, 0.25) is 5.02 Å². The molecule has 0 aliphatic carbocycles. The fourth-order valence-corrected chi connectivity index (χ4v) is 5.12. The lowest BCUT2D eigenvalue weighted by molar-refractivity contribution is 0.0984. The van der Waals surface area contributed by atoms with Crippen LogP contribution in [0.15, 0.2) is 48.5 Å². The molecule has 3 aromatic carbocycles. The first-order valence-corrected chi connectivity index (χ1v) is 12.3. The van der Waals surface area contributed by atoms with Crippen molar-refractivity contribution in [1.82, 2.24) is 9.88 Å². The van der Waals surface area contributed by atoms with E-state index in [0.29, 0.717) is 34.6 Å². The lowest BCUT2D eigenvalue weighted by atomic mass is 10.0. The van der Waals surface area contributed by atoms with E-state index in [9.17, 15) is 4.79 Å². The van der Waals surface area contributed by atoms with E-state index >= 15 is 0 Å². The summed E-state index contributed by atoms with van der Waals surface area (Å²) in [5, 5.41) is 3.24. The molecule has 4 rings (SSSR count). The van der Waals surface area contributed by atoms with Gasteiger partial charge in [0.15, 0.2) is 5.13 Å². The van der Waals surface area contributed by atoms with E-state index in [1.165, 1.54) is 11.3 Å². The van der Waals surface area contributed by atoms with E-state index < -0.39 is 0 Å². The van der Waals surface area contributed by atoms with Crippen molar-refractivity contribution in [2.75, 3.05) is 38.7 Å². The molecule has 0 N–H and O–H groups in total. The van der Waals surface area contributed by atoms with Crippen molar-refractivity contribution in [2.45, 2.75) is 20.3 Å². The lowest BCUT2D eigenvalue weighted by Gasteiger charge is -2.23. The van der Waals surface area contributed by atoms with Gasteiger partial charge in [-0.1, -0.05) is 53.3 Å². The largest absolute Gasteiger partial charge is 0.493 e. The zero-order valence-corrected chi connectivity index (χ0v) is 21.0. The molecule has 0 unspecified atom stereocenters. The van der Waals surface area contributed by atoms with Gasteiger partial charge in [-0.05, 0) is 75.4 Å². The first-order chi connectivity index (χ1) is 15.9. The van der Waals surface area contributed by atoms with Crippen LogP contribution in [-0.2, 0) is 0 Å². The molecule has 33 heavy (non-hydrogen) atoms. The van der Waals surface area contributed by atoms with Gasteiger partial charge in [0.1, 0.15) is 5.75 Å². The number of hydrogen-bond donors (Lipinski definition) is 0. The third-order valence-electron chi connectivity index (χ3n) is 5.60. The summed E-state index contributed by atoms with van der Waals surface area (Å²) in [7, 11) is 4.07. The Morgan fingerprint density at radius 1 is 1.09 bits per heavy atom. The van der Waals surface area contributed by atoms with E-state index in [1.807, 2.05) is 76.5 Å². The van der Waals surface area contributed by atoms with Crippen molar-refractivity contribution in [2.24, 2.45) is 0 Å². The van der Waals surface area contributed by atoms with Crippen LogP contribution in [0, 0.1) is 6.92 Å². The van der Waals surface area contributed by atoms with Gasteiger partial charge < -0.3 is 9.64 Å². The normalized spacial score (nSPS) is 11.5. The second-order valence-electron chi connectivity index (χ2n) is 8.22. The maximum Gasteiger partial charge on any atom is 0.264 e. The third-order valence-corrected chi connectivity index (χ3v) is 7.06. The van der Waals surface area contributed by atoms with Gasteiger partial charge in [0, 0.05) is 11.6 Å². The summed E-state index contributed by atoms with van der Waals surface area (Å²) < 4.78 is 6.91. The standard InChI is InChI=1S/C26H28ClN3O2S/c1-5-32-21-13-11-18-9-6-7-10-19(18)23(21)25(31)30(16-8-15-29(3)4)26-28-24-17(2)20(27)12-14-22(24)33-26/h6-7,9-14H,5,8,15-16H2,1-4H3. The van der Waals surface area contributed by atoms with Crippen LogP contribution in [0.4, 0.5) is 5.13 Å². The Bertz CT molecular complexity index is 1300. The van der Waals surface area contributed by atoms with Crippen LogP contribution >= 0.6 is 22.9 Å². The minimum absolute atomic E-state index is 0.100. The summed E-state index contributed by atoms with van der Waals surface area (Å²) >= 11 is 7.85. The molecule has 1 heterocycles. The number of ether oxygens (including phenoxy) is 1. The van der Waals surface area contributed by atoms with Crippen LogP contribution in [-0.4, -0.2) is 49.6 Å². The molecule has 0 saturated heterocycles. The third kappa shape index (κ3) is 4.83. The predicted molar refractivity (Wildman–Crippen MR) is 139 cm³/mol. The highest BCUT2D eigenvalue weighted by molar-refractivity contribution is 7.22. The summed E-state index contributed by atoms with van der Waals surface area (Å²) in [5.41, 5.74) is 2.35. The number of fused-ring (bicyclic) bond motifs is 2. The fraction of sp³-hybridized carbons (Fsp3) is 0.308. The Kier molecular flexibility index (Phi) is 7.17. The zero-order valence-electron chi connectivity index (χ0n) is 19.4. The molecule has 1 amide bonds. The van der Waals surface area contributed by atoms with E-state index in [-0.39, 0.29) is 5.91 Å². The monoisotopic (exact) mass is 481 g/mol. The zero-order chi connectivity index (χ0) is 23.5. The molecule has 1 aromatic heterocycles. The minimum atomic E-state index is -0.100. The Hall–Kier alpha value is -2.67. The van der Waals surface area contributed by atoms with Crippen molar-refractivity contribution in [1.29, 1.82) is 0 Å². The number of nitrogens with zero attached hydrogens (tertiary/aromatic N) is 3. The second kappa shape index (κ2) is 10.1. The quantitative estimate of drug-likeness (QED) is 0.292. The number of benzene rings is 3. The molecule has 172 valence electrons. The van der Waals surface area contributed by atoms with Crippen LogP contribution in [0.5, 0.6) is 5.75 Å². The van der Waals surface area contributed by atoms with Gasteiger partial charge in [0.2, 0.25) is 0 Å². The van der Waals surface area contributed by atoms with Crippen molar-refractivity contribution in [3.8, 4) is 5.75 Å². The average molecular weight is 482 g/mol. The molecule has 0 spiro atoms. The van der Waals surface area contributed by atoms with Crippen LogP contribution < -0.4 is 9.64 Å². The van der Waals surface area contributed by atoms with Gasteiger partial charge in [0.05, 0.1) is 22.4 Å². The van der Waals surface area contributed by atoms with Gasteiger partial charge >= 0.3 is 0 Å². The number of carbonyl (C=O) groups excluding carboxylic acids is 1. The van der Waals surface area contributed by atoms with Gasteiger partial charge in [0.25, 0.3) is 5.91 Å². The number of anilines is 1. The number of aromatic nitrogens is 1. The highest BCUT2D eigenvalue weighted by Crippen LogP contribution is 2.36. The summed E-state index contributed by atoms with van der Waals surface area (Å²) in [6.07, 6.45) is 0.823. The molecule has 0 aliphatic rings. The van der Waals surface area contributed by atoms with Crippen LogP contribution in [0.25, 0.3) is 21.0 Å². The molecule has 0 radical (unpaired) electrons. The van der Waals surface area contributed by atoms with Gasteiger partial charge in [-0.15, -0.1) is 0 Å². The van der Waals surface area contributed by atoms with E-state index in [4.69, 9.17) is 21.3 Å². The molecule has 0 atom stereocenters. The van der Waals surface area contributed by atoms with Gasteiger partial charge in [-0.25, -0.2) is 4.98 Å². The van der Waals surface area contributed by atoms with Crippen molar-refractivity contribution >= 4 is 55.0 Å². The molecule has 7 heteroatoms. The summed E-state index contributed by atoms with van der Waals surface area (Å²) in [6, 6.07) is 15.7. The van der Waals surface area contributed by atoms with Crippen LogP contribution in [0.1, 0.15) is 29.3 Å². The van der Waals surface area contributed by atoms with E-state index in [1.54, 1.807) is 4.90 Å². The maximum absolute atomic E-state index is 14.1. The number of amides is 1. The Morgan fingerprint density at radius 2 is 1.88 bits per heavy atom. The van der Waals surface area contributed by atoms with Gasteiger partial charge in [-0.3, -0.25) is 9.69 Å².